The highest BCUT2D eigenvalue weighted by Gasteiger charge is 2.22. The summed E-state index contributed by atoms with van der Waals surface area (Å²) in [6.07, 6.45) is 5.18. The molecule has 1 aliphatic rings. The molecule has 0 aromatic heterocycles. The Morgan fingerprint density at radius 2 is 2.09 bits per heavy atom. The maximum atomic E-state index is 2.45. The Hall–Kier alpha value is -0.260. The average Bonchev–Trinajstić information content (AvgIpc) is 1.85. The highest BCUT2D eigenvalue weighted by molar-refractivity contribution is 5.06. The van der Waals surface area contributed by atoms with Gasteiger partial charge in [0.05, 0.1) is 0 Å². The molecule has 64 valence electrons. The van der Waals surface area contributed by atoms with E-state index in [1.54, 1.807) is 5.57 Å². The lowest BCUT2D eigenvalue weighted by atomic mass is 9.76. The lowest BCUT2D eigenvalue weighted by Gasteiger charge is -2.29. The molecule has 0 fully saturated rings. The number of hydrogen-bond donors (Lipinski definition) is 0. The number of allylic oxidation sites excluding steroid dienone is 2. The van der Waals surface area contributed by atoms with Gasteiger partial charge in [-0.2, -0.15) is 0 Å². The molecule has 0 N–H and O–H groups in total. The first-order valence-electron chi connectivity index (χ1n) is 4.78. The molecule has 1 rings (SSSR count). The largest absolute Gasteiger partial charge is 0.0825 e. The van der Waals surface area contributed by atoms with E-state index in [1.165, 1.54) is 12.8 Å². The molecule has 0 amide bonds. The summed E-state index contributed by atoms with van der Waals surface area (Å²) >= 11 is 0. The molecule has 0 aliphatic heterocycles. The first kappa shape index (κ1) is 8.83. The highest BCUT2D eigenvalue weighted by Crippen LogP contribution is 2.33. The molecule has 2 unspecified atom stereocenters. The maximum absolute atomic E-state index is 2.45. The zero-order valence-electron chi connectivity index (χ0n) is 8.22. The van der Waals surface area contributed by atoms with Crippen LogP contribution in [0.25, 0.3) is 0 Å². The van der Waals surface area contributed by atoms with Crippen molar-refractivity contribution in [3.63, 3.8) is 0 Å². The van der Waals surface area contributed by atoms with Crippen molar-refractivity contribution < 1.29 is 0 Å². The van der Waals surface area contributed by atoms with Crippen molar-refractivity contribution in [2.75, 3.05) is 0 Å². The van der Waals surface area contributed by atoms with Crippen molar-refractivity contribution in [1.29, 1.82) is 0 Å². The molecule has 1 aliphatic carbocycles. The van der Waals surface area contributed by atoms with Crippen LogP contribution in [-0.2, 0) is 0 Å². The van der Waals surface area contributed by atoms with Gasteiger partial charge in [0, 0.05) is 0 Å². The van der Waals surface area contributed by atoms with Gasteiger partial charge < -0.3 is 0 Å². The zero-order valence-corrected chi connectivity index (χ0v) is 8.22. The van der Waals surface area contributed by atoms with Crippen LogP contribution in [0.4, 0.5) is 0 Å². The second kappa shape index (κ2) is 3.42. The fraction of sp³-hybridized carbons (Fsp3) is 0.818. The van der Waals surface area contributed by atoms with Crippen LogP contribution in [0.2, 0.25) is 0 Å². The molecule has 0 bridgehead atoms. The van der Waals surface area contributed by atoms with Gasteiger partial charge in [0.1, 0.15) is 0 Å². The summed E-state index contributed by atoms with van der Waals surface area (Å²) in [4.78, 5) is 0. The Balaban J connectivity index is 2.60. The van der Waals surface area contributed by atoms with Gasteiger partial charge in [0.25, 0.3) is 0 Å². The van der Waals surface area contributed by atoms with E-state index in [2.05, 4.69) is 33.8 Å². The lowest BCUT2D eigenvalue weighted by molar-refractivity contribution is 0.278. The topological polar surface area (TPSA) is 0 Å². The minimum atomic E-state index is 0.809. The van der Waals surface area contributed by atoms with Crippen LogP contribution in [0.1, 0.15) is 40.5 Å². The molecule has 0 aromatic carbocycles. The van der Waals surface area contributed by atoms with Gasteiger partial charge in [-0.25, -0.2) is 0 Å². The average molecular weight is 152 g/mol. The van der Waals surface area contributed by atoms with Crippen LogP contribution in [0.3, 0.4) is 0 Å². The Morgan fingerprint density at radius 3 is 2.55 bits per heavy atom. The lowest BCUT2D eigenvalue weighted by Crippen LogP contribution is -2.19. The van der Waals surface area contributed by atoms with Gasteiger partial charge in [-0.05, 0) is 37.5 Å². The molecule has 0 saturated heterocycles. The monoisotopic (exact) mass is 152 g/mol. The molecule has 0 nitrogen and oxygen atoms in total. The van der Waals surface area contributed by atoms with E-state index < -0.39 is 0 Å². The molecule has 0 heteroatoms. The molecule has 2 atom stereocenters. The van der Waals surface area contributed by atoms with E-state index in [9.17, 15) is 0 Å². The Bertz CT molecular complexity index is 153. The van der Waals surface area contributed by atoms with Gasteiger partial charge >= 0.3 is 0 Å². The zero-order chi connectivity index (χ0) is 8.43. The van der Waals surface area contributed by atoms with Crippen molar-refractivity contribution in [1.82, 2.24) is 0 Å². The Labute approximate surface area is 70.7 Å². The number of rotatable bonds is 1. The Morgan fingerprint density at radius 1 is 1.45 bits per heavy atom. The smallest absolute Gasteiger partial charge is 0.0228 e. The van der Waals surface area contributed by atoms with Crippen molar-refractivity contribution in [2.45, 2.75) is 40.5 Å². The van der Waals surface area contributed by atoms with Crippen LogP contribution in [0, 0.1) is 17.8 Å². The summed E-state index contributed by atoms with van der Waals surface area (Å²) in [6, 6.07) is 0. The van der Waals surface area contributed by atoms with Crippen molar-refractivity contribution in [3.8, 4) is 0 Å². The van der Waals surface area contributed by atoms with Gasteiger partial charge in [-0.3, -0.25) is 0 Å². The normalized spacial score (nSPS) is 32.3. The maximum Gasteiger partial charge on any atom is -0.0228 e. The van der Waals surface area contributed by atoms with Gasteiger partial charge in [0.15, 0.2) is 0 Å². The summed E-state index contributed by atoms with van der Waals surface area (Å²) < 4.78 is 0. The van der Waals surface area contributed by atoms with Crippen LogP contribution >= 0.6 is 0 Å². The van der Waals surface area contributed by atoms with Crippen molar-refractivity contribution in [3.05, 3.63) is 11.6 Å². The third kappa shape index (κ3) is 2.08. The van der Waals surface area contributed by atoms with Crippen molar-refractivity contribution in [2.24, 2.45) is 17.8 Å². The quantitative estimate of drug-likeness (QED) is 0.503. The van der Waals surface area contributed by atoms with Crippen LogP contribution in [0.15, 0.2) is 11.6 Å². The molecular formula is C11H20. The fourth-order valence-corrected chi connectivity index (χ4v) is 2.25. The standard InChI is InChI=1S/C11H20/c1-8(2)11-6-5-9(3)7-10(11)4/h7-8,10-11H,5-6H2,1-4H3. The first-order chi connectivity index (χ1) is 5.11. The van der Waals surface area contributed by atoms with E-state index >= 15 is 0 Å². The van der Waals surface area contributed by atoms with Gasteiger partial charge in [-0.1, -0.05) is 32.4 Å². The number of hydrogen-bond acceptors (Lipinski definition) is 0. The summed E-state index contributed by atoms with van der Waals surface area (Å²) in [6.45, 7) is 9.30. The van der Waals surface area contributed by atoms with E-state index in [0.29, 0.717) is 0 Å². The molecule has 0 saturated carbocycles. The second-order valence-electron chi connectivity index (χ2n) is 4.32. The minimum Gasteiger partial charge on any atom is -0.0825 e. The van der Waals surface area contributed by atoms with E-state index in [0.717, 1.165) is 17.8 Å². The minimum absolute atomic E-state index is 0.809. The fourth-order valence-electron chi connectivity index (χ4n) is 2.25. The van der Waals surface area contributed by atoms with Crippen LogP contribution < -0.4 is 0 Å². The van der Waals surface area contributed by atoms with Gasteiger partial charge in [-0.15, -0.1) is 0 Å². The SMILES string of the molecule is CC1=CC(C)C(C(C)C)CC1. The summed E-state index contributed by atoms with van der Waals surface area (Å²) in [7, 11) is 0. The predicted octanol–water partition coefficient (Wildman–Crippen LogP) is 3.63. The van der Waals surface area contributed by atoms with E-state index in [1.807, 2.05) is 0 Å². The van der Waals surface area contributed by atoms with E-state index in [-0.39, 0.29) is 0 Å². The molecular weight excluding hydrogens is 132 g/mol. The van der Waals surface area contributed by atoms with Gasteiger partial charge in [0.2, 0.25) is 0 Å². The molecule has 0 aromatic rings. The molecule has 11 heavy (non-hydrogen) atoms. The third-order valence-electron chi connectivity index (χ3n) is 2.95. The second-order valence-corrected chi connectivity index (χ2v) is 4.32. The predicted molar refractivity (Wildman–Crippen MR) is 50.5 cm³/mol. The van der Waals surface area contributed by atoms with Crippen molar-refractivity contribution >= 4 is 0 Å². The molecule has 0 spiro atoms. The Kier molecular flexibility index (Phi) is 2.75. The summed E-state index contributed by atoms with van der Waals surface area (Å²) in [5.74, 6) is 2.59. The summed E-state index contributed by atoms with van der Waals surface area (Å²) in [5, 5.41) is 0. The first-order valence-corrected chi connectivity index (χ1v) is 4.78. The third-order valence-corrected chi connectivity index (χ3v) is 2.95. The molecule has 0 heterocycles. The van der Waals surface area contributed by atoms with Crippen LogP contribution in [-0.4, -0.2) is 0 Å². The summed E-state index contributed by atoms with van der Waals surface area (Å²) in [5.41, 5.74) is 1.59. The molecule has 0 radical (unpaired) electrons. The highest BCUT2D eigenvalue weighted by atomic mass is 14.3. The van der Waals surface area contributed by atoms with E-state index in [4.69, 9.17) is 0 Å². The van der Waals surface area contributed by atoms with Crippen LogP contribution in [0.5, 0.6) is 0 Å².